The van der Waals surface area contributed by atoms with Gasteiger partial charge in [-0.25, -0.2) is 4.98 Å². The lowest BCUT2D eigenvalue weighted by atomic mass is 9.93. The van der Waals surface area contributed by atoms with Crippen LogP contribution in [0.5, 0.6) is 0 Å². The van der Waals surface area contributed by atoms with Gasteiger partial charge in [0.15, 0.2) is 0 Å². The van der Waals surface area contributed by atoms with Crippen molar-refractivity contribution in [3.8, 4) is 44.6 Å². The van der Waals surface area contributed by atoms with Crippen LogP contribution in [-0.2, 0) is 0 Å². The highest BCUT2D eigenvalue weighted by Gasteiger charge is 2.13. The van der Waals surface area contributed by atoms with Crippen LogP contribution in [0.1, 0.15) is 0 Å². The molecular weight excluding hydrogens is 508 g/mol. The Kier molecular flexibility index (Phi) is 5.82. The first-order valence-corrected chi connectivity index (χ1v) is 14.2. The molecule has 2 aromatic heterocycles. The quantitative estimate of drug-likeness (QED) is 0.210. The van der Waals surface area contributed by atoms with Crippen LogP contribution in [0.25, 0.3) is 77.1 Å². The molecular formula is C40H26N2. The molecule has 0 aliphatic rings. The average molecular weight is 535 g/mol. The molecule has 196 valence electrons. The molecule has 42 heavy (non-hydrogen) atoms. The molecule has 0 amide bonds. The van der Waals surface area contributed by atoms with Gasteiger partial charge in [-0.1, -0.05) is 121 Å². The Hall–Kier alpha value is -5.60. The molecule has 6 aromatic carbocycles. The Bertz CT molecular complexity index is 2230. The fourth-order valence-corrected chi connectivity index (χ4v) is 6.07. The summed E-state index contributed by atoms with van der Waals surface area (Å²) in [4.78, 5) is 9.55. The predicted molar refractivity (Wildman–Crippen MR) is 176 cm³/mol. The van der Waals surface area contributed by atoms with Gasteiger partial charge in [-0.3, -0.25) is 4.98 Å². The first-order chi connectivity index (χ1) is 20.8. The zero-order valence-corrected chi connectivity index (χ0v) is 22.9. The normalized spacial score (nSPS) is 11.3. The second-order valence-electron chi connectivity index (χ2n) is 10.7. The molecule has 0 N–H and O–H groups in total. The molecule has 0 bridgehead atoms. The summed E-state index contributed by atoms with van der Waals surface area (Å²) in [5.41, 5.74) is 10.2. The van der Waals surface area contributed by atoms with Crippen molar-refractivity contribution in [3.63, 3.8) is 0 Å². The van der Waals surface area contributed by atoms with Crippen LogP contribution in [0.15, 0.2) is 158 Å². The van der Waals surface area contributed by atoms with Crippen LogP contribution in [0.3, 0.4) is 0 Å². The number of aromatic nitrogens is 2. The van der Waals surface area contributed by atoms with E-state index in [1.165, 1.54) is 60.3 Å². The number of nitrogens with zero attached hydrogens (tertiary/aromatic N) is 2. The number of fused-ring (bicyclic) bond motifs is 4. The molecule has 0 unspecified atom stereocenters. The molecule has 0 atom stereocenters. The molecule has 0 saturated heterocycles. The van der Waals surface area contributed by atoms with Crippen molar-refractivity contribution in [1.29, 1.82) is 0 Å². The second-order valence-corrected chi connectivity index (χ2v) is 10.7. The molecule has 0 spiro atoms. The predicted octanol–water partition coefficient (Wildman–Crippen LogP) is 10.6. The number of benzene rings is 6. The van der Waals surface area contributed by atoms with Crippen molar-refractivity contribution in [2.24, 2.45) is 0 Å². The van der Waals surface area contributed by atoms with E-state index in [-0.39, 0.29) is 0 Å². The van der Waals surface area contributed by atoms with Crippen LogP contribution in [0.2, 0.25) is 0 Å². The molecule has 0 fully saturated rings. The van der Waals surface area contributed by atoms with Gasteiger partial charge in [-0.2, -0.15) is 0 Å². The first-order valence-electron chi connectivity index (χ1n) is 14.2. The fraction of sp³-hybridized carbons (Fsp3) is 0. The van der Waals surface area contributed by atoms with Crippen molar-refractivity contribution in [2.45, 2.75) is 0 Å². The van der Waals surface area contributed by atoms with Crippen molar-refractivity contribution in [2.75, 3.05) is 0 Å². The van der Waals surface area contributed by atoms with E-state index in [1.54, 1.807) is 0 Å². The van der Waals surface area contributed by atoms with E-state index in [0.29, 0.717) is 0 Å². The molecule has 8 aromatic rings. The third-order valence-corrected chi connectivity index (χ3v) is 8.15. The molecule has 2 nitrogen and oxygen atoms in total. The summed E-state index contributed by atoms with van der Waals surface area (Å²) in [6.45, 7) is 0. The van der Waals surface area contributed by atoms with Crippen molar-refractivity contribution in [1.82, 2.24) is 9.97 Å². The van der Waals surface area contributed by atoms with Gasteiger partial charge in [0.2, 0.25) is 0 Å². The van der Waals surface area contributed by atoms with E-state index in [0.717, 1.165) is 16.8 Å². The lowest BCUT2D eigenvalue weighted by Gasteiger charge is -2.14. The summed E-state index contributed by atoms with van der Waals surface area (Å²) >= 11 is 0. The number of pyridine rings is 2. The lowest BCUT2D eigenvalue weighted by molar-refractivity contribution is 1.36. The Morgan fingerprint density at radius 1 is 0.405 bits per heavy atom. The smallest absolute Gasteiger partial charge is 0.0722 e. The van der Waals surface area contributed by atoms with E-state index in [2.05, 4.69) is 151 Å². The van der Waals surface area contributed by atoms with Crippen LogP contribution in [0.4, 0.5) is 0 Å². The van der Waals surface area contributed by atoms with E-state index in [4.69, 9.17) is 4.98 Å². The molecule has 0 aliphatic heterocycles. The van der Waals surface area contributed by atoms with Gasteiger partial charge in [0.25, 0.3) is 0 Å². The van der Waals surface area contributed by atoms with Gasteiger partial charge in [0.05, 0.1) is 11.2 Å². The monoisotopic (exact) mass is 534 g/mol. The molecule has 0 saturated carbocycles. The van der Waals surface area contributed by atoms with Gasteiger partial charge in [-0.15, -0.1) is 0 Å². The number of hydrogen-bond donors (Lipinski definition) is 0. The minimum absolute atomic E-state index is 0.971. The van der Waals surface area contributed by atoms with Crippen molar-refractivity contribution < 1.29 is 0 Å². The first kappa shape index (κ1) is 24.2. The number of rotatable bonds is 4. The number of hydrogen-bond acceptors (Lipinski definition) is 2. The molecule has 2 heterocycles. The zero-order valence-electron chi connectivity index (χ0n) is 22.9. The lowest BCUT2D eigenvalue weighted by Crippen LogP contribution is -1.92. The minimum Gasteiger partial charge on any atom is -0.264 e. The second kappa shape index (κ2) is 10.1. The standard InChI is InChI=1S/C40H26N2/c1-2-8-28(9-3-1)36-25-39(42-38-21-20-29-10-4-5-14-35(29)40(36)38)33-13-6-12-32(24-33)27-16-18-31(19-17-27)34-15-7-11-30-22-23-41-26-37(30)34/h1-26H. The summed E-state index contributed by atoms with van der Waals surface area (Å²) in [5.74, 6) is 0. The van der Waals surface area contributed by atoms with E-state index >= 15 is 0 Å². The van der Waals surface area contributed by atoms with Gasteiger partial charge in [-0.05, 0) is 73.8 Å². The van der Waals surface area contributed by atoms with Crippen molar-refractivity contribution in [3.05, 3.63) is 158 Å². The maximum absolute atomic E-state index is 5.19. The third-order valence-electron chi connectivity index (χ3n) is 8.15. The van der Waals surface area contributed by atoms with E-state index < -0.39 is 0 Å². The molecule has 2 heteroatoms. The van der Waals surface area contributed by atoms with E-state index in [9.17, 15) is 0 Å². The Morgan fingerprint density at radius 2 is 1.10 bits per heavy atom. The fourth-order valence-electron chi connectivity index (χ4n) is 6.07. The van der Waals surface area contributed by atoms with Crippen LogP contribution in [0, 0.1) is 0 Å². The van der Waals surface area contributed by atoms with Crippen molar-refractivity contribution >= 4 is 32.4 Å². The van der Waals surface area contributed by atoms with Crippen LogP contribution < -0.4 is 0 Å². The maximum Gasteiger partial charge on any atom is 0.0722 e. The zero-order chi connectivity index (χ0) is 27.9. The molecule has 0 aliphatic carbocycles. The minimum atomic E-state index is 0.971. The SMILES string of the molecule is c1ccc(-c2cc(-c3cccc(-c4ccc(-c5cccc6ccncc56)cc4)c3)nc3ccc4ccccc4c23)cc1. The molecule has 0 radical (unpaired) electrons. The summed E-state index contributed by atoms with van der Waals surface area (Å²) in [6, 6.07) is 51.8. The van der Waals surface area contributed by atoms with Gasteiger partial charge in [0.1, 0.15) is 0 Å². The summed E-state index contributed by atoms with van der Waals surface area (Å²) in [5, 5.41) is 6.01. The highest BCUT2D eigenvalue weighted by molar-refractivity contribution is 6.13. The largest absolute Gasteiger partial charge is 0.264 e. The maximum atomic E-state index is 5.19. The van der Waals surface area contributed by atoms with Crippen LogP contribution in [-0.4, -0.2) is 9.97 Å². The average Bonchev–Trinajstić information content (AvgIpc) is 3.08. The van der Waals surface area contributed by atoms with Gasteiger partial charge >= 0.3 is 0 Å². The summed E-state index contributed by atoms with van der Waals surface area (Å²) in [7, 11) is 0. The van der Waals surface area contributed by atoms with Gasteiger partial charge < -0.3 is 0 Å². The topological polar surface area (TPSA) is 25.8 Å². The summed E-state index contributed by atoms with van der Waals surface area (Å²) < 4.78 is 0. The Labute approximate surface area is 244 Å². The Balaban J connectivity index is 1.23. The van der Waals surface area contributed by atoms with E-state index in [1.807, 2.05) is 12.4 Å². The van der Waals surface area contributed by atoms with Crippen LogP contribution >= 0.6 is 0 Å². The molecule has 8 rings (SSSR count). The Morgan fingerprint density at radius 3 is 2.00 bits per heavy atom. The third kappa shape index (κ3) is 4.22. The highest BCUT2D eigenvalue weighted by atomic mass is 14.7. The highest BCUT2D eigenvalue weighted by Crippen LogP contribution is 2.37. The van der Waals surface area contributed by atoms with Gasteiger partial charge in [0, 0.05) is 28.7 Å². The summed E-state index contributed by atoms with van der Waals surface area (Å²) in [6.07, 6.45) is 3.79.